The van der Waals surface area contributed by atoms with Gasteiger partial charge in [-0.25, -0.2) is 4.98 Å². The summed E-state index contributed by atoms with van der Waals surface area (Å²) in [6.45, 7) is 7.05. The fourth-order valence-electron chi connectivity index (χ4n) is 1.71. The molecule has 0 saturated carbocycles. The zero-order chi connectivity index (χ0) is 14.4. The molecule has 0 spiro atoms. The molecule has 2 rings (SSSR count). The minimum Gasteiger partial charge on any atom is -0.438 e. The van der Waals surface area contributed by atoms with E-state index in [1.165, 1.54) is 5.56 Å². The summed E-state index contributed by atoms with van der Waals surface area (Å²) in [6, 6.07) is 8.46. The Kier molecular flexibility index (Phi) is 5.07. The Labute approximate surface area is 120 Å². The van der Waals surface area contributed by atoms with E-state index in [9.17, 15) is 0 Å². The summed E-state index contributed by atoms with van der Waals surface area (Å²) >= 11 is 0. The summed E-state index contributed by atoms with van der Waals surface area (Å²) in [7, 11) is 0. The minimum atomic E-state index is 0.435. The van der Waals surface area contributed by atoms with Crippen molar-refractivity contribution in [3.8, 4) is 11.6 Å². The Hall–Kier alpha value is -1.94. The molecule has 2 aromatic rings. The first-order valence-electron chi connectivity index (χ1n) is 6.98. The molecule has 1 N–H and O–H groups in total. The molecule has 0 aliphatic heterocycles. The van der Waals surface area contributed by atoms with E-state index in [1.54, 1.807) is 12.4 Å². The van der Waals surface area contributed by atoms with Gasteiger partial charge in [-0.3, -0.25) is 4.98 Å². The number of benzene rings is 1. The number of aryl methyl sites for hydroxylation is 1. The van der Waals surface area contributed by atoms with Crippen LogP contribution in [0.15, 0.2) is 36.7 Å². The third-order valence-corrected chi connectivity index (χ3v) is 2.93. The average Bonchev–Trinajstić information content (AvgIpc) is 2.47. The van der Waals surface area contributed by atoms with Gasteiger partial charge in [-0.2, -0.15) is 0 Å². The van der Waals surface area contributed by atoms with Crippen molar-refractivity contribution in [1.29, 1.82) is 0 Å². The first-order valence-corrected chi connectivity index (χ1v) is 6.98. The summed E-state index contributed by atoms with van der Waals surface area (Å²) < 4.78 is 5.66. The Morgan fingerprint density at radius 2 is 1.85 bits per heavy atom. The first-order chi connectivity index (χ1) is 9.67. The van der Waals surface area contributed by atoms with Gasteiger partial charge in [-0.1, -0.05) is 32.9 Å². The molecule has 20 heavy (non-hydrogen) atoms. The normalized spacial score (nSPS) is 10.8. The summed E-state index contributed by atoms with van der Waals surface area (Å²) in [4.78, 5) is 8.60. The van der Waals surface area contributed by atoms with Crippen molar-refractivity contribution in [3.05, 3.63) is 47.9 Å². The van der Waals surface area contributed by atoms with Gasteiger partial charge >= 0.3 is 0 Å². The molecule has 0 unspecified atom stereocenters. The predicted octanol–water partition coefficient (Wildman–Crippen LogP) is 3.33. The molecule has 1 heterocycles. The fourth-order valence-corrected chi connectivity index (χ4v) is 1.71. The Bertz CT molecular complexity index is 520. The number of aromatic nitrogens is 2. The highest BCUT2D eigenvalue weighted by atomic mass is 16.5. The summed E-state index contributed by atoms with van der Waals surface area (Å²) in [5.41, 5.74) is 2.20. The molecule has 1 aromatic heterocycles. The quantitative estimate of drug-likeness (QED) is 0.875. The Morgan fingerprint density at radius 1 is 1.10 bits per heavy atom. The first kappa shape index (κ1) is 14.5. The van der Waals surface area contributed by atoms with E-state index in [0.29, 0.717) is 11.9 Å². The third kappa shape index (κ3) is 4.31. The molecule has 0 fully saturated rings. The number of ether oxygens (including phenoxy) is 1. The molecule has 0 aliphatic rings. The van der Waals surface area contributed by atoms with E-state index in [-0.39, 0.29) is 0 Å². The van der Waals surface area contributed by atoms with Crippen molar-refractivity contribution in [1.82, 2.24) is 15.3 Å². The summed E-state index contributed by atoms with van der Waals surface area (Å²) in [5, 5.41) is 3.30. The van der Waals surface area contributed by atoms with Crippen molar-refractivity contribution in [3.63, 3.8) is 0 Å². The zero-order valence-corrected chi connectivity index (χ0v) is 12.3. The largest absolute Gasteiger partial charge is 0.438 e. The number of hydrogen-bond acceptors (Lipinski definition) is 4. The van der Waals surface area contributed by atoms with E-state index in [2.05, 4.69) is 48.2 Å². The van der Waals surface area contributed by atoms with Crippen molar-refractivity contribution in [2.75, 3.05) is 0 Å². The SMILES string of the molecule is CCc1ccc(Oc2cnc(CNC(C)C)cn2)cc1. The van der Waals surface area contributed by atoms with Gasteiger partial charge in [0, 0.05) is 12.6 Å². The topological polar surface area (TPSA) is 47.0 Å². The van der Waals surface area contributed by atoms with Crippen molar-refractivity contribution in [2.24, 2.45) is 0 Å². The number of rotatable bonds is 6. The molecule has 0 saturated heterocycles. The van der Waals surface area contributed by atoms with Crippen LogP contribution in [0, 0.1) is 0 Å². The van der Waals surface area contributed by atoms with Crippen molar-refractivity contribution < 1.29 is 4.74 Å². The van der Waals surface area contributed by atoms with Crippen LogP contribution in [0.25, 0.3) is 0 Å². The zero-order valence-electron chi connectivity index (χ0n) is 12.3. The lowest BCUT2D eigenvalue weighted by atomic mass is 10.2. The lowest BCUT2D eigenvalue weighted by molar-refractivity contribution is 0.458. The fraction of sp³-hybridized carbons (Fsp3) is 0.375. The van der Waals surface area contributed by atoms with Crippen molar-refractivity contribution in [2.45, 2.75) is 39.8 Å². The van der Waals surface area contributed by atoms with E-state index in [0.717, 1.165) is 24.4 Å². The average molecular weight is 271 g/mol. The number of nitrogens with zero attached hydrogens (tertiary/aromatic N) is 2. The smallest absolute Gasteiger partial charge is 0.237 e. The highest BCUT2D eigenvalue weighted by molar-refractivity contribution is 5.29. The second-order valence-corrected chi connectivity index (χ2v) is 4.98. The van der Waals surface area contributed by atoms with Crippen molar-refractivity contribution >= 4 is 0 Å². The molecule has 4 nitrogen and oxygen atoms in total. The van der Waals surface area contributed by atoms with Crippen LogP contribution in [0.5, 0.6) is 11.6 Å². The van der Waals surface area contributed by atoms with Crippen LogP contribution in [-0.4, -0.2) is 16.0 Å². The van der Waals surface area contributed by atoms with Gasteiger partial charge in [-0.15, -0.1) is 0 Å². The van der Waals surface area contributed by atoms with Crippen LogP contribution in [0.1, 0.15) is 32.0 Å². The number of nitrogens with one attached hydrogen (secondary N) is 1. The van der Waals surface area contributed by atoms with Gasteiger partial charge in [0.15, 0.2) is 0 Å². The van der Waals surface area contributed by atoms with E-state index in [1.807, 2.05) is 12.1 Å². The monoisotopic (exact) mass is 271 g/mol. The maximum Gasteiger partial charge on any atom is 0.237 e. The maximum absolute atomic E-state index is 5.66. The van der Waals surface area contributed by atoms with Gasteiger partial charge in [0.2, 0.25) is 5.88 Å². The van der Waals surface area contributed by atoms with Crippen LogP contribution in [-0.2, 0) is 13.0 Å². The second kappa shape index (κ2) is 7.01. The van der Waals surface area contributed by atoms with E-state index in [4.69, 9.17) is 4.74 Å². The Morgan fingerprint density at radius 3 is 2.40 bits per heavy atom. The number of hydrogen-bond donors (Lipinski definition) is 1. The molecule has 1 aromatic carbocycles. The standard InChI is InChI=1S/C16H21N3O/c1-4-13-5-7-15(8-6-13)20-16-11-18-14(10-19-16)9-17-12(2)3/h5-8,10-12,17H,4,9H2,1-3H3. The summed E-state index contributed by atoms with van der Waals surface area (Å²) in [6.07, 6.45) is 4.42. The molecular weight excluding hydrogens is 250 g/mol. The maximum atomic E-state index is 5.66. The predicted molar refractivity (Wildman–Crippen MR) is 79.9 cm³/mol. The lowest BCUT2D eigenvalue weighted by Gasteiger charge is -2.08. The van der Waals surface area contributed by atoms with Gasteiger partial charge in [0.05, 0.1) is 18.1 Å². The summed E-state index contributed by atoms with van der Waals surface area (Å²) in [5.74, 6) is 1.30. The van der Waals surface area contributed by atoms with Gasteiger partial charge in [-0.05, 0) is 24.1 Å². The van der Waals surface area contributed by atoms with Gasteiger partial charge in [0.25, 0.3) is 0 Å². The molecule has 0 atom stereocenters. The van der Waals surface area contributed by atoms with E-state index >= 15 is 0 Å². The molecule has 0 radical (unpaired) electrons. The Balaban J connectivity index is 1.95. The van der Waals surface area contributed by atoms with Gasteiger partial charge in [0.1, 0.15) is 5.75 Å². The molecule has 106 valence electrons. The molecule has 0 aliphatic carbocycles. The highest BCUT2D eigenvalue weighted by Gasteiger charge is 2.01. The molecular formula is C16H21N3O. The second-order valence-electron chi connectivity index (χ2n) is 4.98. The molecule has 4 heteroatoms. The van der Waals surface area contributed by atoms with E-state index < -0.39 is 0 Å². The molecule has 0 bridgehead atoms. The van der Waals surface area contributed by atoms with Crippen LogP contribution in [0.2, 0.25) is 0 Å². The van der Waals surface area contributed by atoms with Crippen LogP contribution in [0.3, 0.4) is 0 Å². The lowest BCUT2D eigenvalue weighted by Crippen LogP contribution is -2.22. The molecule has 0 amide bonds. The minimum absolute atomic E-state index is 0.435. The van der Waals surface area contributed by atoms with Crippen LogP contribution >= 0.6 is 0 Å². The van der Waals surface area contributed by atoms with Crippen LogP contribution < -0.4 is 10.1 Å². The van der Waals surface area contributed by atoms with Crippen LogP contribution in [0.4, 0.5) is 0 Å². The third-order valence-electron chi connectivity index (χ3n) is 2.93. The highest BCUT2D eigenvalue weighted by Crippen LogP contribution is 2.19. The van der Waals surface area contributed by atoms with Gasteiger partial charge < -0.3 is 10.1 Å².